The second-order valence-electron chi connectivity index (χ2n) is 8.27. The summed E-state index contributed by atoms with van der Waals surface area (Å²) in [7, 11) is 1.92. The Balaban J connectivity index is 1.36. The molecular formula is C23H27N5O. The molecule has 1 saturated carbocycles. The van der Waals surface area contributed by atoms with E-state index in [4.69, 9.17) is 0 Å². The summed E-state index contributed by atoms with van der Waals surface area (Å²) in [5.74, 6) is 0.549. The zero-order valence-electron chi connectivity index (χ0n) is 16.9. The van der Waals surface area contributed by atoms with Gasteiger partial charge in [-0.25, -0.2) is 4.98 Å². The van der Waals surface area contributed by atoms with Crippen molar-refractivity contribution in [2.24, 2.45) is 7.05 Å². The van der Waals surface area contributed by atoms with E-state index in [2.05, 4.69) is 27.2 Å². The predicted molar refractivity (Wildman–Crippen MR) is 114 cm³/mol. The summed E-state index contributed by atoms with van der Waals surface area (Å²) in [6.45, 7) is 1.37. The van der Waals surface area contributed by atoms with Crippen LogP contribution in [0.4, 0.5) is 0 Å². The highest BCUT2D eigenvalue weighted by atomic mass is 16.2. The smallest absolute Gasteiger partial charge is 0.257 e. The minimum Gasteiger partial charge on any atom is -0.346 e. The summed E-state index contributed by atoms with van der Waals surface area (Å²) in [5, 5.41) is 5.83. The number of nitrogens with one attached hydrogen (secondary N) is 1. The van der Waals surface area contributed by atoms with Crippen LogP contribution in [0, 0.1) is 0 Å². The van der Waals surface area contributed by atoms with Crippen LogP contribution in [0.1, 0.15) is 66.1 Å². The molecule has 1 aliphatic heterocycles. The van der Waals surface area contributed by atoms with Crippen LogP contribution in [0.2, 0.25) is 0 Å². The molecule has 1 amide bonds. The highest BCUT2D eigenvalue weighted by Crippen LogP contribution is 2.34. The van der Waals surface area contributed by atoms with E-state index in [-0.39, 0.29) is 5.91 Å². The normalized spacial score (nSPS) is 18.2. The average Bonchev–Trinajstić information content (AvgIpc) is 3.38. The van der Waals surface area contributed by atoms with Gasteiger partial charge >= 0.3 is 0 Å². The zero-order chi connectivity index (χ0) is 19.8. The molecule has 0 radical (unpaired) electrons. The molecule has 3 aromatic heterocycles. The number of carbonyl (C=O) groups excluding carboxylic acids is 1. The van der Waals surface area contributed by atoms with Crippen molar-refractivity contribution in [1.82, 2.24) is 24.6 Å². The van der Waals surface area contributed by atoms with Gasteiger partial charge in [0.15, 0.2) is 0 Å². The molecule has 5 rings (SSSR count). The lowest BCUT2D eigenvalue weighted by Crippen LogP contribution is -2.35. The largest absolute Gasteiger partial charge is 0.346 e. The lowest BCUT2D eigenvalue weighted by atomic mass is 9.85. The number of aromatic nitrogens is 4. The van der Waals surface area contributed by atoms with Gasteiger partial charge in [0.05, 0.1) is 11.3 Å². The van der Waals surface area contributed by atoms with Gasteiger partial charge in [0.2, 0.25) is 0 Å². The maximum absolute atomic E-state index is 13.3. The van der Waals surface area contributed by atoms with Crippen LogP contribution >= 0.6 is 0 Å². The molecule has 0 spiro atoms. The average molecular weight is 390 g/mol. The number of pyridine rings is 1. The van der Waals surface area contributed by atoms with Gasteiger partial charge in [0.1, 0.15) is 5.65 Å². The summed E-state index contributed by atoms with van der Waals surface area (Å²) >= 11 is 0. The van der Waals surface area contributed by atoms with Gasteiger partial charge in [-0.1, -0.05) is 25.3 Å². The van der Waals surface area contributed by atoms with Gasteiger partial charge in [0, 0.05) is 55.6 Å². The highest BCUT2D eigenvalue weighted by Gasteiger charge is 2.28. The van der Waals surface area contributed by atoms with E-state index in [0.717, 1.165) is 48.1 Å². The molecule has 0 bridgehead atoms. The molecule has 3 aromatic rings. The topological polar surface area (TPSA) is 66.8 Å². The lowest BCUT2D eigenvalue weighted by molar-refractivity contribution is 0.0771. The number of hydrogen-bond acceptors (Lipinski definition) is 3. The number of carbonyl (C=O) groups is 1. The van der Waals surface area contributed by atoms with Crippen molar-refractivity contribution in [1.29, 1.82) is 0 Å². The summed E-state index contributed by atoms with van der Waals surface area (Å²) in [4.78, 5) is 22.9. The third kappa shape index (κ3) is 3.37. The molecule has 0 aromatic carbocycles. The van der Waals surface area contributed by atoms with Gasteiger partial charge in [-0.3, -0.25) is 9.48 Å². The molecule has 1 fully saturated rings. The van der Waals surface area contributed by atoms with Crippen molar-refractivity contribution in [2.75, 3.05) is 13.1 Å². The summed E-state index contributed by atoms with van der Waals surface area (Å²) in [6.07, 6.45) is 14.9. The van der Waals surface area contributed by atoms with E-state index in [1.807, 2.05) is 30.4 Å². The minimum absolute atomic E-state index is 0.120. The van der Waals surface area contributed by atoms with Gasteiger partial charge < -0.3 is 9.88 Å². The van der Waals surface area contributed by atoms with Crippen molar-refractivity contribution in [3.63, 3.8) is 0 Å². The van der Waals surface area contributed by atoms with Crippen molar-refractivity contribution in [3.05, 3.63) is 53.6 Å². The van der Waals surface area contributed by atoms with E-state index < -0.39 is 0 Å². The van der Waals surface area contributed by atoms with E-state index in [1.54, 1.807) is 10.9 Å². The Kier molecular flexibility index (Phi) is 4.70. The van der Waals surface area contributed by atoms with Gasteiger partial charge in [-0.05, 0) is 37.0 Å². The van der Waals surface area contributed by atoms with Gasteiger partial charge in [-0.2, -0.15) is 5.10 Å². The summed E-state index contributed by atoms with van der Waals surface area (Å²) in [6, 6.07) is 4.06. The first-order valence-corrected chi connectivity index (χ1v) is 10.6. The monoisotopic (exact) mass is 389 g/mol. The molecule has 6 nitrogen and oxygen atoms in total. The second kappa shape index (κ2) is 7.50. The zero-order valence-corrected chi connectivity index (χ0v) is 16.9. The van der Waals surface area contributed by atoms with Crippen LogP contribution in [-0.4, -0.2) is 43.6 Å². The Labute approximate surface area is 170 Å². The Bertz CT molecular complexity index is 1070. The number of H-pyrrole nitrogens is 1. The van der Waals surface area contributed by atoms with Crippen molar-refractivity contribution >= 4 is 22.5 Å². The third-order valence-corrected chi connectivity index (χ3v) is 6.37. The first-order valence-electron chi connectivity index (χ1n) is 10.6. The molecule has 29 heavy (non-hydrogen) atoms. The molecule has 0 saturated heterocycles. The van der Waals surface area contributed by atoms with Crippen LogP contribution in [0.3, 0.4) is 0 Å². The standard InChI is InChI=1S/C23H27N5O/c1-27-15-20(21(26-27)17-6-3-2-4-7-17)23(29)28-12-9-16(10-13-28)19-14-25-22-18(19)8-5-11-24-22/h5,8-9,11,14-15,17H,2-4,6-7,10,12-13H2,1H3,(H,24,25). The first-order chi connectivity index (χ1) is 14.2. The Morgan fingerprint density at radius 3 is 2.90 bits per heavy atom. The minimum atomic E-state index is 0.120. The van der Waals surface area contributed by atoms with Crippen molar-refractivity contribution in [3.8, 4) is 0 Å². The SMILES string of the molecule is Cn1cc(C(=O)N2CC=C(c3c[nH]c4ncccc34)CC2)c(C2CCCCC2)n1. The molecule has 0 unspecified atom stereocenters. The number of fused-ring (bicyclic) bond motifs is 1. The lowest BCUT2D eigenvalue weighted by Gasteiger charge is -2.27. The van der Waals surface area contributed by atoms with Crippen LogP contribution in [0.15, 0.2) is 36.8 Å². The fourth-order valence-electron chi connectivity index (χ4n) is 4.84. The molecule has 0 atom stereocenters. The summed E-state index contributed by atoms with van der Waals surface area (Å²) < 4.78 is 1.81. The molecule has 2 aliphatic rings. The number of nitrogens with zero attached hydrogens (tertiary/aromatic N) is 4. The van der Waals surface area contributed by atoms with Gasteiger partial charge in [0.25, 0.3) is 5.91 Å². The highest BCUT2D eigenvalue weighted by molar-refractivity contribution is 5.96. The Morgan fingerprint density at radius 2 is 2.10 bits per heavy atom. The number of amides is 1. The van der Waals surface area contributed by atoms with Crippen LogP contribution in [-0.2, 0) is 7.05 Å². The van der Waals surface area contributed by atoms with Crippen LogP contribution in [0.25, 0.3) is 16.6 Å². The maximum Gasteiger partial charge on any atom is 0.257 e. The van der Waals surface area contributed by atoms with Crippen LogP contribution in [0.5, 0.6) is 0 Å². The second-order valence-corrected chi connectivity index (χ2v) is 8.27. The Morgan fingerprint density at radius 1 is 1.24 bits per heavy atom. The molecule has 6 heteroatoms. The fraction of sp³-hybridized carbons (Fsp3) is 0.435. The molecule has 150 valence electrons. The fourth-order valence-corrected chi connectivity index (χ4v) is 4.84. The first kappa shape index (κ1) is 18.2. The number of hydrogen-bond donors (Lipinski definition) is 1. The third-order valence-electron chi connectivity index (χ3n) is 6.37. The van der Waals surface area contributed by atoms with E-state index in [0.29, 0.717) is 12.5 Å². The quantitative estimate of drug-likeness (QED) is 0.727. The van der Waals surface area contributed by atoms with Crippen LogP contribution < -0.4 is 0 Å². The van der Waals surface area contributed by atoms with E-state index >= 15 is 0 Å². The maximum atomic E-state index is 13.3. The van der Waals surface area contributed by atoms with Crippen molar-refractivity contribution in [2.45, 2.75) is 44.4 Å². The number of aryl methyl sites for hydroxylation is 1. The molecule has 1 aliphatic carbocycles. The number of rotatable bonds is 3. The van der Waals surface area contributed by atoms with E-state index in [1.165, 1.54) is 30.4 Å². The van der Waals surface area contributed by atoms with E-state index in [9.17, 15) is 4.79 Å². The van der Waals surface area contributed by atoms with Gasteiger partial charge in [-0.15, -0.1) is 0 Å². The Hall–Kier alpha value is -2.89. The molecular weight excluding hydrogens is 362 g/mol. The predicted octanol–water partition coefficient (Wildman–Crippen LogP) is 4.27. The molecule has 4 heterocycles. The molecule has 1 N–H and O–H groups in total. The number of aromatic amines is 1. The summed E-state index contributed by atoms with van der Waals surface area (Å²) in [5.41, 5.74) is 5.20. The van der Waals surface area contributed by atoms with Crippen molar-refractivity contribution < 1.29 is 4.79 Å².